The number of hydrogen-bond acceptors (Lipinski definition) is 1. The van der Waals surface area contributed by atoms with Gasteiger partial charge in [0.25, 0.3) is 0 Å². The Kier molecular flexibility index (Phi) is 5.12. The molecule has 2 rings (SSSR count). The Bertz CT molecular complexity index is 633. The number of halogens is 5. The van der Waals surface area contributed by atoms with E-state index in [1.165, 1.54) is 0 Å². The van der Waals surface area contributed by atoms with Gasteiger partial charge in [-0.15, -0.1) is 8.58 Å². The summed E-state index contributed by atoms with van der Waals surface area (Å²) in [4.78, 5) is 3.18. The summed E-state index contributed by atoms with van der Waals surface area (Å²) >= 11 is 0. The Morgan fingerprint density at radius 2 is 1.43 bits per heavy atom. The fourth-order valence-corrected chi connectivity index (χ4v) is 3.04. The van der Waals surface area contributed by atoms with Crippen molar-refractivity contribution >= 4 is 8.58 Å². The second kappa shape index (κ2) is 6.85. The van der Waals surface area contributed by atoms with Gasteiger partial charge in [0, 0.05) is 10.1 Å². The first-order valence-electron chi connectivity index (χ1n) is 5.94. The van der Waals surface area contributed by atoms with Gasteiger partial charge in [-0.3, -0.25) is 4.94 Å². The molecule has 0 bridgehead atoms. The first-order chi connectivity index (χ1) is 10.1. The number of rotatable bonds is 5. The molecule has 0 aromatic heterocycles. The van der Waals surface area contributed by atoms with Crippen LogP contribution in [0, 0.1) is 23.3 Å². The van der Waals surface area contributed by atoms with E-state index in [4.69, 9.17) is 0 Å². The smallest absolute Gasteiger partial charge is 0.217 e. The maximum atomic E-state index is 13.6. The summed E-state index contributed by atoms with van der Waals surface area (Å²) in [6, 6.07) is 9.12. The molecule has 0 spiro atoms. The van der Waals surface area contributed by atoms with Crippen LogP contribution in [0.4, 0.5) is 22.1 Å². The van der Waals surface area contributed by atoms with Crippen LogP contribution in [-0.4, -0.2) is 0 Å². The zero-order valence-electron chi connectivity index (χ0n) is 10.6. The maximum absolute atomic E-state index is 13.6. The van der Waals surface area contributed by atoms with Crippen LogP contribution in [0.3, 0.4) is 0 Å². The molecule has 2 aromatic rings. The quantitative estimate of drug-likeness (QED) is 0.330. The van der Waals surface area contributed by atoms with E-state index in [1.54, 1.807) is 0 Å². The van der Waals surface area contributed by atoms with Crippen molar-refractivity contribution in [1.29, 1.82) is 0 Å². The normalized spacial score (nSPS) is 11.3. The molecule has 2 aromatic carbocycles. The van der Waals surface area contributed by atoms with Crippen molar-refractivity contribution in [3.05, 3.63) is 64.7 Å². The van der Waals surface area contributed by atoms with Crippen LogP contribution >= 0.6 is 8.58 Å². The molecule has 1 unspecified atom stereocenters. The standard InChI is InChI=1S/C14H10F5OP/c15-10-9(7-21-6-8-4-2-1-3-5-8)14(20-19)13(18)12(17)11(10)16/h1-5,21H,6-7H2. The molecule has 1 nitrogen and oxygen atoms in total. The van der Waals surface area contributed by atoms with E-state index in [9.17, 15) is 22.1 Å². The zero-order chi connectivity index (χ0) is 15.4. The Hall–Kier alpha value is -1.68. The first-order valence-corrected chi connectivity index (χ1v) is 7.35. The summed E-state index contributed by atoms with van der Waals surface area (Å²) in [7, 11) is 0.0300. The van der Waals surface area contributed by atoms with E-state index in [0.717, 1.165) is 5.56 Å². The Morgan fingerprint density at radius 1 is 0.810 bits per heavy atom. The van der Waals surface area contributed by atoms with Gasteiger partial charge in [0.2, 0.25) is 17.4 Å². The molecular weight excluding hydrogens is 310 g/mol. The van der Waals surface area contributed by atoms with Gasteiger partial charge in [-0.05, 0) is 17.9 Å². The average molecular weight is 320 g/mol. The minimum absolute atomic E-state index is 0.0300. The maximum Gasteiger partial charge on any atom is 0.217 e. The van der Waals surface area contributed by atoms with E-state index in [2.05, 4.69) is 4.94 Å². The summed E-state index contributed by atoms with van der Waals surface area (Å²) < 4.78 is 65.3. The van der Waals surface area contributed by atoms with Crippen LogP contribution in [0.15, 0.2) is 30.3 Å². The van der Waals surface area contributed by atoms with Crippen molar-refractivity contribution in [2.45, 2.75) is 12.3 Å². The summed E-state index contributed by atoms with van der Waals surface area (Å²) in [5.74, 6) is -8.77. The number of hydrogen-bond donors (Lipinski definition) is 0. The molecule has 0 saturated heterocycles. The molecule has 1 atom stereocenters. The average Bonchev–Trinajstić information content (AvgIpc) is 2.51. The Morgan fingerprint density at radius 3 is 2.05 bits per heavy atom. The SMILES string of the molecule is FOc1c(F)c(F)c(F)c(F)c1CPCc1ccccc1. The van der Waals surface area contributed by atoms with Crippen molar-refractivity contribution in [3.8, 4) is 5.75 Å². The second-order valence-electron chi connectivity index (χ2n) is 4.23. The number of benzene rings is 2. The largest absolute Gasteiger partial charge is 0.291 e. The van der Waals surface area contributed by atoms with Crippen LogP contribution < -0.4 is 4.94 Å². The summed E-state index contributed by atoms with van der Waals surface area (Å²) in [5, 5.41) is 0. The van der Waals surface area contributed by atoms with Crippen LogP contribution in [0.25, 0.3) is 0 Å². The summed E-state index contributed by atoms with van der Waals surface area (Å²) in [5.41, 5.74) is 0.310. The molecule has 21 heavy (non-hydrogen) atoms. The van der Waals surface area contributed by atoms with Gasteiger partial charge in [-0.1, -0.05) is 30.3 Å². The highest BCUT2D eigenvalue weighted by molar-refractivity contribution is 7.36. The van der Waals surface area contributed by atoms with Gasteiger partial charge < -0.3 is 0 Å². The molecule has 0 amide bonds. The van der Waals surface area contributed by atoms with Crippen LogP contribution in [0.5, 0.6) is 5.75 Å². The van der Waals surface area contributed by atoms with Gasteiger partial charge >= 0.3 is 0 Å². The van der Waals surface area contributed by atoms with Gasteiger partial charge in [-0.25, -0.2) is 13.2 Å². The molecule has 7 heteroatoms. The van der Waals surface area contributed by atoms with Crippen molar-refractivity contribution in [3.63, 3.8) is 0 Å². The zero-order valence-corrected chi connectivity index (χ0v) is 11.6. The molecular formula is C14H10F5OP. The highest BCUT2D eigenvalue weighted by Crippen LogP contribution is 2.36. The molecule has 0 aliphatic heterocycles. The highest BCUT2D eigenvalue weighted by Gasteiger charge is 2.27. The lowest BCUT2D eigenvalue weighted by atomic mass is 10.2. The van der Waals surface area contributed by atoms with Crippen LogP contribution in [-0.2, 0) is 12.3 Å². The topological polar surface area (TPSA) is 9.23 Å². The van der Waals surface area contributed by atoms with E-state index in [1.807, 2.05) is 30.3 Å². The molecule has 0 N–H and O–H groups in total. The van der Waals surface area contributed by atoms with Gasteiger partial charge in [0.05, 0.1) is 0 Å². The monoisotopic (exact) mass is 320 g/mol. The lowest BCUT2D eigenvalue weighted by Gasteiger charge is -2.10. The molecule has 0 saturated carbocycles. The van der Waals surface area contributed by atoms with E-state index in [0.29, 0.717) is 6.16 Å². The lowest BCUT2D eigenvalue weighted by Crippen LogP contribution is -2.04. The fourth-order valence-electron chi connectivity index (χ4n) is 1.82. The van der Waals surface area contributed by atoms with Gasteiger partial charge in [0.1, 0.15) is 0 Å². The summed E-state index contributed by atoms with van der Waals surface area (Å²) in [6.45, 7) is 0. The minimum Gasteiger partial charge on any atom is -0.291 e. The molecule has 112 valence electrons. The fraction of sp³-hybridized carbons (Fsp3) is 0.143. The highest BCUT2D eigenvalue weighted by atomic mass is 31.1. The van der Waals surface area contributed by atoms with Crippen LogP contribution in [0.2, 0.25) is 0 Å². The van der Waals surface area contributed by atoms with E-state index >= 15 is 0 Å². The van der Waals surface area contributed by atoms with Crippen LogP contribution in [0.1, 0.15) is 11.1 Å². The molecule has 0 heterocycles. The molecule has 0 aliphatic rings. The minimum atomic E-state index is -2.09. The second-order valence-corrected chi connectivity index (χ2v) is 5.44. The van der Waals surface area contributed by atoms with Crippen molar-refractivity contribution in [2.24, 2.45) is 0 Å². The van der Waals surface area contributed by atoms with Gasteiger partial charge in [0.15, 0.2) is 11.6 Å². The molecule has 0 fully saturated rings. The Balaban J connectivity index is 2.20. The van der Waals surface area contributed by atoms with Gasteiger partial charge in [-0.2, -0.15) is 4.39 Å². The summed E-state index contributed by atoms with van der Waals surface area (Å²) in [6.07, 6.45) is 0.362. The van der Waals surface area contributed by atoms with Crippen molar-refractivity contribution in [2.75, 3.05) is 0 Å². The predicted octanol–water partition coefficient (Wildman–Crippen LogP) is 4.89. The third-order valence-electron chi connectivity index (χ3n) is 2.87. The Labute approximate surface area is 119 Å². The lowest BCUT2D eigenvalue weighted by molar-refractivity contribution is -0.0131. The van der Waals surface area contributed by atoms with Crippen molar-refractivity contribution < 1.29 is 27.0 Å². The van der Waals surface area contributed by atoms with E-state index in [-0.39, 0.29) is 14.7 Å². The van der Waals surface area contributed by atoms with Crippen molar-refractivity contribution in [1.82, 2.24) is 0 Å². The third-order valence-corrected chi connectivity index (χ3v) is 4.13. The first kappa shape index (κ1) is 15.7. The predicted molar refractivity (Wildman–Crippen MR) is 70.2 cm³/mol. The third kappa shape index (κ3) is 3.32. The molecule has 0 aliphatic carbocycles. The van der Waals surface area contributed by atoms with E-state index < -0.39 is 34.6 Å². The molecule has 0 radical (unpaired) electrons.